The number of esters is 1. The van der Waals surface area contributed by atoms with E-state index in [1.807, 2.05) is 37.3 Å². The summed E-state index contributed by atoms with van der Waals surface area (Å²) >= 11 is 0. The molecule has 3 N–H and O–H groups in total. The average Bonchev–Trinajstić information content (AvgIpc) is 2.97. The van der Waals surface area contributed by atoms with Gasteiger partial charge in [0.1, 0.15) is 0 Å². The number of nitrogens with zero attached hydrogens (tertiary/aromatic N) is 2. The highest BCUT2D eigenvalue weighted by Gasteiger charge is 2.38. The molecule has 0 aromatic heterocycles. The molecule has 0 saturated heterocycles. The van der Waals surface area contributed by atoms with Crippen molar-refractivity contribution in [1.82, 2.24) is 10.2 Å². The lowest BCUT2D eigenvalue weighted by atomic mass is 9.91. The van der Waals surface area contributed by atoms with Crippen LogP contribution in [0.3, 0.4) is 0 Å². The number of nitrogens with one attached hydrogen (secondary N) is 3. The van der Waals surface area contributed by atoms with Gasteiger partial charge in [-0.2, -0.15) is 0 Å². The molecule has 4 rings (SSSR count). The van der Waals surface area contributed by atoms with Crippen LogP contribution in [0.4, 0.5) is 26.7 Å². The van der Waals surface area contributed by atoms with Crippen LogP contribution in [0.25, 0.3) is 5.70 Å². The van der Waals surface area contributed by atoms with Crippen LogP contribution in [-0.2, 0) is 9.53 Å². The Morgan fingerprint density at radius 3 is 2.34 bits per heavy atom. The zero-order valence-electron chi connectivity index (χ0n) is 22.8. The normalized spacial score (nSPS) is 14.7. The summed E-state index contributed by atoms with van der Waals surface area (Å²) in [5.74, 6) is -0.549. The number of hydrogen-bond acceptors (Lipinski definition) is 6. The van der Waals surface area contributed by atoms with E-state index in [1.54, 1.807) is 36.1 Å². The smallest absolute Gasteiger partial charge is 0.338 e. The molecule has 212 valence electrons. The molecule has 11 nitrogen and oxygen atoms in total. The van der Waals surface area contributed by atoms with E-state index in [-0.39, 0.29) is 18.3 Å². The Morgan fingerprint density at radius 2 is 1.68 bits per heavy atom. The van der Waals surface area contributed by atoms with Crippen LogP contribution >= 0.6 is 0 Å². The number of nitro benzene ring substituents is 1. The van der Waals surface area contributed by atoms with Gasteiger partial charge >= 0.3 is 18.0 Å². The number of carbonyl (C=O) groups excluding carboxylic acids is 3. The van der Waals surface area contributed by atoms with E-state index in [4.69, 9.17) is 4.74 Å². The zero-order chi connectivity index (χ0) is 29.4. The van der Waals surface area contributed by atoms with Gasteiger partial charge < -0.3 is 20.7 Å². The molecule has 1 aliphatic rings. The summed E-state index contributed by atoms with van der Waals surface area (Å²) < 4.78 is 5.46. The van der Waals surface area contributed by atoms with Crippen molar-refractivity contribution >= 4 is 40.8 Å². The molecular formula is C30H31N5O6. The number of non-ortho nitro benzene ring substituents is 1. The first-order valence-electron chi connectivity index (χ1n) is 13.3. The zero-order valence-corrected chi connectivity index (χ0v) is 22.8. The molecule has 4 amide bonds. The number of anilines is 2. The summed E-state index contributed by atoms with van der Waals surface area (Å²) in [5.41, 5.74) is 2.75. The second-order valence-corrected chi connectivity index (χ2v) is 9.25. The fraction of sp³-hybridized carbons (Fsp3) is 0.233. The lowest BCUT2D eigenvalue weighted by molar-refractivity contribution is -0.384. The van der Waals surface area contributed by atoms with Gasteiger partial charge in [-0.05, 0) is 48.7 Å². The highest BCUT2D eigenvalue weighted by molar-refractivity contribution is 6.05. The van der Waals surface area contributed by atoms with Crippen molar-refractivity contribution in [1.29, 1.82) is 0 Å². The highest BCUT2D eigenvalue weighted by Crippen LogP contribution is 2.37. The number of unbranched alkanes of at least 4 members (excludes halogenated alkanes) is 1. The Labute approximate surface area is 237 Å². The Bertz CT molecular complexity index is 1460. The van der Waals surface area contributed by atoms with Crippen LogP contribution in [0.2, 0.25) is 0 Å². The standard InChI is InChI=1S/C30H31N5O6/c1-3-5-18-34-27(20-10-7-6-8-11-20)25(28(36)41-4-2)26(33-30(34)38)21-12-9-13-23(19-21)32-29(37)31-22-14-16-24(17-15-22)35(39)40/h6-17,19,26H,3-5,18H2,1-2H3,(H,33,38)(H2,31,32,37). The molecule has 41 heavy (non-hydrogen) atoms. The summed E-state index contributed by atoms with van der Waals surface area (Å²) in [6, 6.07) is 19.7. The van der Waals surface area contributed by atoms with Gasteiger partial charge in [0, 0.05) is 30.1 Å². The molecule has 0 radical (unpaired) electrons. The second-order valence-electron chi connectivity index (χ2n) is 9.25. The molecule has 0 saturated carbocycles. The average molecular weight is 558 g/mol. The first-order valence-corrected chi connectivity index (χ1v) is 13.3. The summed E-state index contributed by atoms with van der Waals surface area (Å²) in [6.45, 7) is 4.33. The van der Waals surface area contributed by atoms with Crippen LogP contribution < -0.4 is 16.0 Å². The van der Waals surface area contributed by atoms with Gasteiger partial charge in [-0.25, -0.2) is 14.4 Å². The number of hydrogen-bond donors (Lipinski definition) is 3. The Kier molecular flexibility index (Phi) is 9.31. The largest absolute Gasteiger partial charge is 0.463 e. The van der Waals surface area contributed by atoms with Crippen molar-refractivity contribution < 1.29 is 24.0 Å². The maximum Gasteiger partial charge on any atom is 0.338 e. The molecule has 0 bridgehead atoms. The quantitative estimate of drug-likeness (QED) is 0.157. The molecule has 3 aromatic carbocycles. The Morgan fingerprint density at radius 1 is 0.976 bits per heavy atom. The Balaban J connectivity index is 1.68. The van der Waals surface area contributed by atoms with Crippen molar-refractivity contribution in [2.45, 2.75) is 32.7 Å². The van der Waals surface area contributed by atoms with Crippen molar-refractivity contribution in [2.75, 3.05) is 23.8 Å². The van der Waals surface area contributed by atoms with Gasteiger partial charge in [0.2, 0.25) is 0 Å². The van der Waals surface area contributed by atoms with Gasteiger partial charge in [-0.1, -0.05) is 55.8 Å². The van der Waals surface area contributed by atoms with Gasteiger partial charge in [0.15, 0.2) is 0 Å². The molecule has 11 heteroatoms. The number of rotatable bonds is 10. The van der Waals surface area contributed by atoms with Crippen molar-refractivity contribution in [3.63, 3.8) is 0 Å². The van der Waals surface area contributed by atoms with Crippen molar-refractivity contribution in [3.8, 4) is 0 Å². The van der Waals surface area contributed by atoms with E-state index in [9.17, 15) is 24.5 Å². The second kappa shape index (κ2) is 13.2. The van der Waals surface area contributed by atoms with E-state index in [2.05, 4.69) is 16.0 Å². The van der Waals surface area contributed by atoms with Crippen LogP contribution in [0.15, 0.2) is 84.4 Å². The molecule has 1 unspecified atom stereocenters. The third-order valence-electron chi connectivity index (χ3n) is 6.42. The summed E-state index contributed by atoms with van der Waals surface area (Å²) in [7, 11) is 0. The lowest BCUT2D eigenvalue weighted by Crippen LogP contribution is -2.48. The van der Waals surface area contributed by atoms with E-state index in [0.717, 1.165) is 12.8 Å². The SMILES string of the molecule is CCCCN1C(=O)NC(c2cccc(NC(=O)Nc3ccc([N+](=O)[O-])cc3)c2)C(C(=O)OCC)=C1c1ccccc1. The fourth-order valence-corrected chi connectivity index (χ4v) is 4.52. The monoisotopic (exact) mass is 557 g/mol. The molecule has 3 aromatic rings. The molecule has 0 aliphatic carbocycles. The first kappa shape index (κ1) is 28.8. The summed E-state index contributed by atoms with van der Waals surface area (Å²) in [5, 5.41) is 19.2. The summed E-state index contributed by atoms with van der Waals surface area (Å²) in [6.07, 6.45) is 1.60. The van der Waals surface area contributed by atoms with Crippen LogP contribution in [0.5, 0.6) is 0 Å². The third kappa shape index (κ3) is 6.88. The van der Waals surface area contributed by atoms with E-state index in [0.29, 0.717) is 40.3 Å². The first-order chi connectivity index (χ1) is 19.8. The Hall–Kier alpha value is -5.19. The van der Waals surface area contributed by atoms with Crippen molar-refractivity contribution in [2.24, 2.45) is 0 Å². The van der Waals surface area contributed by atoms with Crippen LogP contribution in [0.1, 0.15) is 43.9 Å². The number of benzene rings is 3. The number of urea groups is 2. The number of nitro groups is 1. The molecule has 0 fully saturated rings. The van der Waals surface area contributed by atoms with Crippen molar-refractivity contribution in [3.05, 3.63) is 106 Å². The number of carbonyl (C=O) groups is 3. The predicted octanol–water partition coefficient (Wildman–Crippen LogP) is 6.08. The minimum absolute atomic E-state index is 0.0909. The van der Waals surface area contributed by atoms with E-state index >= 15 is 0 Å². The van der Waals surface area contributed by atoms with Gasteiger partial charge in [-0.3, -0.25) is 15.0 Å². The van der Waals surface area contributed by atoms with E-state index in [1.165, 1.54) is 24.3 Å². The summed E-state index contributed by atoms with van der Waals surface area (Å²) in [4.78, 5) is 51.5. The minimum Gasteiger partial charge on any atom is -0.463 e. The fourth-order valence-electron chi connectivity index (χ4n) is 4.52. The predicted molar refractivity (Wildman–Crippen MR) is 155 cm³/mol. The topological polar surface area (TPSA) is 143 Å². The van der Waals surface area contributed by atoms with Gasteiger partial charge in [0.25, 0.3) is 5.69 Å². The lowest BCUT2D eigenvalue weighted by Gasteiger charge is -2.37. The van der Waals surface area contributed by atoms with Crippen LogP contribution in [0, 0.1) is 10.1 Å². The molecular weight excluding hydrogens is 526 g/mol. The number of amides is 4. The molecule has 1 heterocycles. The maximum atomic E-state index is 13.4. The number of ether oxygens (including phenoxy) is 1. The highest BCUT2D eigenvalue weighted by atomic mass is 16.6. The molecule has 0 spiro atoms. The molecule has 1 aliphatic heterocycles. The van der Waals surface area contributed by atoms with Gasteiger partial charge in [-0.15, -0.1) is 0 Å². The maximum absolute atomic E-state index is 13.4. The van der Waals surface area contributed by atoms with E-state index < -0.39 is 23.0 Å². The third-order valence-corrected chi connectivity index (χ3v) is 6.42. The van der Waals surface area contributed by atoms with Crippen LogP contribution in [-0.4, -0.2) is 41.0 Å². The van der Waals surface area contributed by atoms with Gasteiger partial charge in [0.05, 0.1) is 28.8 Å². The molecule has 1 atom stereocenters. The minimum atomic E-state index is -0.839.